The van der Waals surface area contributed by atoms with Crippen molar-refractivity contribution in [2.45, 2.75) is 19.6 Å². The summed E-state index contributed by atoms with van der Waals surface area (Å²) in [7, 11) is 0. The molecule has 90 valence electrons. The molecule has 0 saturated carbocycles. The SMILES string of the molecule is CCN(CC)CCSCc1ccc(I)cc1. The lowest BCUT2D eigenvalue weighted by molar-refractivity contribution is 0.324. The predicted molar refractivity (Wildman–Crippen MR) is 83.1 cm³/mol. The van der Waals surface area contributed by atoms with Gasteiger partial charge in [0.2, 0.25) is 0 Å². The monoisotopic (exact) mass is 349 g/mol. The molecule has 1 aromatic carbocycles. The van der Waals surface area contributed by atoms with Gasteiger partial charge in [0.05, 0.1) is 0 Å². The van der Waals surface area contributed by atoms with E-state index in [1.54, 1.807) is 0 Å². The minimum Gasteiger partial charge on any atom is -0.303 e. The molecule has 0 bridgehead atoms. The summed E-state index contributed by atoms with van der Waals surface area (Å²) in [5.41, 5.74) is 1.44. The van der Waals surface area contributed by atoms with Gasteiger partial charge in [-0.3, -0.25) is 0 Å². The topological polar surface area (TPSA) is 3.24 Å². The molecule has 16 heavy (non-hydrogen) atoms. The van der Waals surface area contributed by atoms with Gasteiger partial charge in [-0.1, -0.05) is 26.0 Å². The van der Waals surface area contributed by atoms with Crippen molar-refractivity contribution in [2.75, 3.05) is 25.4 Å². The second-order valence-corrected chi connectivity index (χ2v) is 6.06. The maximum Gasteiger partial charge on any atom is 0.0185 e. The first-order chi connectivity index (χ1) is 7.76. The average molecular weight is 349 g/mol. The first-order valence-electron chi connectivity index (χ1n) is 5.80. The molecule has 0 unspecified atom stereocenters. The highest BCUT2D eigenvalue weighted by atomic mass is 127. The van der Waals surface area contributed by atoms with E-state index < -0.39 is 0 Å². The van der Waals surface area contributed by atoms with Gasteiger partial charge in [-0.25, -0.2) is 0 Å². The third kappa shape index (κ3) is 5.55. The van der Waals surface area contributed by atoms with E-state index in [0.29, 0.717) is 0 Å². The highest BCUT2D eigenvalue weighted by Crippen LogP contribution is 2.14. The zero-order valence-corrected chi connectivity index (χ0v) is 13.1. The third-order valence-corrected chi connectivity index (χ3v) is 4.36. The molecular formula is C13H20INS. The Bertz CT molecular complexity index is 282. The van der Waals surface area contributed by atoms with E-state index in [1.165, 1.54) is 34.5 Å². The summed E-state index contributed by atoms with van der Waals surface area (Å²) in [6, 6.07) is 8.82. The maximum atomic E-state index is 2.47. The largest absolute Gasteiger partial charge is 0.303 e. The number of thioether (sulfide) groups is 1. The lowest BCUT2D eigenvalue weighted by atomic mass is 10.2. The number of benzene rings is 1. The van der Waals surface area contributed by atoms with Gasteiger partial charge < -0.3 is 4.90 Å². The van der Waals surface area contributed by atoms with Crippen LogP contribution in [0.4, 0.5) is 0 Å². The van der Waals surface area contributed by atoms with Gasteiger partial charge >= 0.3 is 0 Å². The van der Waals surface area contributed by atoms with Crippen LogP contribution < -0.4 is 0 Å². The molecule has 0 amide bonds. The number of halogens is 1. The van der Waals surface area contributed by atoms with Crippen molar-refractivity contribution in [3.63, 3.8) is 0 Å². The van der Waals surface area contributed by atoms with Crippen molar-refractivity contribution in [2.24, 2.45) is 0 Å². The highest BCUT2D eigenvalue weighted by molar-refractivity contribution is 14.1. The van der Waals surface area contributed by atoms with Crippen LogP contribution in [0.15, 0.2) is 24.3 Å². The second-order valence-electron chi connectivity index (χ2n) is 3.71. The fraction of sp³-hybridized carbons (Fsp3) is 0.538. The second kappa shape index (κ2) is 8.37. The van der Waals surface area contributed by atoms with Crippen molar-refractivity contribution in [3.8, 4) is 0 Å². The Morgan fingerprint density at radius 3 is 2.31 bits per heavy atom. The highest BCUT2D eigenvalue weighted by Gasteiger charge is 1.99. The van der Waals surface area contributed by atoms with E-state index in [2.05, 4.69) is 65.6 Å². The number of rotatable bonds is 7. The molecule has 0 radical (unpaired) electrons. The van der Waals surface area contributed by atoms with Crippen LogP contribution in [0.5, 0.6) is 0 Å². The first-order valence-corrected chi connectivity index (χ1v) is 8.04. The Balaban J connectivity index is 2.18. The first kappa shape index (κ1) is 14.3. The van der Waals surface area contributed by atoms with Gasteiger partial charge in [0, 0.05) is 21.6 Å². The molecule has 1 aromatic rings. The molecule has 0 aliphatic heterocycles. The number of hydrogen-bond donors (Lipinski definition) is 0. The lowest BCUT2D eigenvalue weighted by Crippen LogP contribution is -2.25. The van der Waals surface area contributed by atoms with Crippen LogP contribution in [0.1, 0.15) is 19.4 Å². The van der Waals surface area contributed by atoms with Crippen LogP contribution in [-0.2, 0) is 5.75 Å². The molecule has 0 aliphatic rings. The summed E-state index contributed by atoms with van der Waals surface area (Å²) in [6.45, 7) is 8.00. The molecule has 3 heteroatoms. The van der Waals surface area contributed by atoms with Gasteiger partial charge in [0.15, 0.2) is 0 Å². The Morgan fingerprint density at radius 1 is 1.12 bits per heavy atom. The third-order valence-electron chi connectivity index (χ3n) is 2.63. The van der Waals surface area contributed by atoms with Gasteiger partial charge in [0.25, 0.3) is 0 Å². The van der Waals surface area contributed by atoms with Crippen LogP contribution in [0.3, 0.4) is 0 Å². The van der Waals surface area contributed by atoms with E-state index >= 15 is 0 Å². The zero-order valence-electron chi connectivity index (χ0n) is 10.1. The Morgan fingerprint density at radius 2 is 1.75 bits per heavy atom. The standard InChI is InChI=1S/C13H20INS/c1-3-15(4-2)9-10-16-11-12-5-7-13(14)8-6-12/h5-8H,3-4,9-11H2,1-2H3. The lowest BCUT2D eigenvalue weighted by Gasteiger charge is -2.17. The van der Waals surface area contributed by atoms with Crippen LogP contribution in [0.25, 0.3) is 0 Å². The van der Waals surface area contributed by atoms with Crippen molar-refractivity contribution in [3.05, 3.63) is 33.4 Å². The minimum atomic E-state index is 1.14. The minimum absolute atomic E-state index is 1.14. The molecular weight excluding hydrogens is 329 g/mol. The normalized spacial score (nSPS) is 11.0. The van der Waals surface area contributed by atoms with Crippen molar-refractivity contribution in [1.82, 2.24) is 4.90 Å². The summed E-state index contributed by atoms with van der Waals surface area (Å²) in [6.07, 6.45) is 0. The quantitative estimate of drug-likeness (QED) is 0.543. The molecule has 0 aliphatic carbocycles. The molecule has 1 nitrogen and oxygen atoms in total. The molecule has 0 N–H and O–H groups in total. The van der Waals surface area contributed by atoms with E-state index in [9.17, 15) is 0 Å². The summed E-state index contributed by atoms with van der Waals surface area (Å²) < 4.78 is 1.31. The molecule has 0 fully saturated rings. The van der Waals surface area contributed by atoms with Crippen LogP contribution in [-0.4, -0.2) is 30.3 Å². The number of nitrogens with zero attached hydrogens (tertiary/aromatic N) is 1. The molecule has 0 spiro atoms. The van der Waals surface area contributed by atoms with Gasteiger partial charge in [-0.15, -0.1) is 0 Å². The molecule has 1 rings (SSSR count). The fourth-order valence-electron chi connectivity index (χ4n) is 1.50. The van der Waals surface area contributed by atoms with Crippen molar-refractivity contribution < 1.29 is 0 Å². The summed E-state index contributed by atoms with van der Waals surface area (Å²) in [4.78, 5) is 2.47. The van der Waals surface area contributed by atoms with Crippen LogP contribution in [0, 0.1) is 3.57 Å². The maximum absolute atomic E-state index is 2.47. The smallest absolute Gasteiger partial charge is 0.0185 e. The zero-order chi connectivity index (χ0) is 11.8. The summed E-state index contributed by atoms with van der Waals surface area (Å²) in [5.74, 6) is 2.37. The molecule has 0 saturated heterocycles. The number of hydrogen-bond acceptors (Lipinski definition) is 2. The van der Waals surface area contributed by atoms with E-state index in [-0.39, 0.29) is 0 Å². The molecule has 0 aromatic heterocycles. The van der Waals surface area contributed by atoms with Crippen molar-refractivity contribution >= 4 is 34.4 Å². The van der Waals surface area contributed by atoms with Gasteiger partial charge in [0.1, 0.15) is 0 Å². The van der Waals surface area contributed by atoms with Crippen LogP contribution in [0.2, 0.25) is 0 Å². The summed E-state index contributed by atoms with van der Waals surface area (Å²) in [5, 5.41) is 0. The van der Waals surface area contributed by atoms with Gasteiger partial charge in [-0.05, 0) is 53.4 Å². The Labute approximate surface area is 117 Å². The van der Waals surface area contributed by atoms with Gasteiger partial charge in [-0.2, -0.15) is 11.8 Å². The molecule has 0 atom stereocenters. The summed E-state index contributed by atoms with van der Waals surface area (Å²) >= 11 is 4.37. The van der Waals surface area contributed by atoms with E-state index in [4.69, 9.17) is 0 Å². The fourth-order valence-corrected chi connectivity index (χ4v) is 2.82. The van der Waals surface area contributed by atoms with Crippen LogP contribution >= 0.6 is 34.4 Å². The Hall–Kier alpha value is 0.260. The van der Waals surface area contributed by atoms with E-state index in [1.807, 2.05) is 11.8 Å². The molecule has 0 heterocycles. The van der Waals surface area contributed by atoms with E-state index in [0.717, 1.165) is 5.75 Å². The average Bonchev–Trinajstić information content (AvgIpc) is 2.32. The predicted octanol–water partition coefficient (Wildman–Crippen LogP) is 3.87. The van der Waals surface area contributed by atoms with Crippen molar-refractivity contribution in [1.29, 1.82) is 0 Å². The Kier molecular flexibility index (Phi) is 7.49.